The predicted octanol–water partition coefficient (Wildman–Crippen LogP) is 5.47. The van der Waals surface area contributed by atoms with Gasteiger partial charge in [-0.3, -0.25) is 4.98 Å². The Balaban J connectivity index is 1.40. The van der Waals surface area contributed by atoms with Gasteiger partial charge < -0.3 is 9.64 Å². The summed E-state index contributed by atoms with van der Waals surface area (Å²) in [5.74, 6) is 0.877. The molecule has 4 nitrogen and oxygen atoms in total. The molecule has 2 heterocycles. The normalized spacial score (nSPS) is 16.1. The fourth-order valence-corrected chi connectivity index (χ4v) is 3.63. The summed E-state index contributed by atoms with van der Waals surface area (Å²) >= 11 is 0. The maximum atomic E-state index is 7.18. The van der Waals surface area contributed by atoms with Crippen LogP contribution in [0.25, 0.3) is 15.6 Å². The van der Waals surface area contributed by atoms with E-state index < -0.39 is 0 Å². The molecular formula is C23H23N3O. The number of ether oxygens (including phenoxy) is 1. The van der Waals surface area contributed by atoms with Crippen LogP contribution in [0, 0.1) is 12.0 Å². The van der Waals surface area contributed by atoms with Crippen molar-refractivity contribution in [2.24, 2.45) is 5.41 Å². The molecule has 0 bridgehead atoms. The average Bonchev–Trinajstić information content (AvgIpc) is 2.73. The van der Waals surface area contributed by atoms with Gasteiger partial charge in [0, 0.05) is 36.6 Å². The highest BCUT2D eigenvalue weighted by atomic mass is 16.5. The molecule has 0 N–H and O–H groups in total. The van der Waals surface area contributed by atoms with Crippen LogP contribution in [0.15, 0.2) is 60.9 Å². The lowest BCUT2D eigenvalue weighted by Crippen LogP contribution is -2.41. The van der Waals surface area contributed by atoms with E-state index in [1.54, 1.807) is 0 Å². The van der Waals surface area contributed by atoms with Crippen LogP contribution in [0.5, 0.6) is 5.75 Å². The summed E-state index contributed by atoms with van der Waals surface area (Å²) in [5.41, 5.74) is 2.09. The Kier molecular flexibility index (Phi) is 4.68. The second-order valence-corrected chi connectivity index (χ2v) is 7.60. The summed E-state index contributed by atoms with van der Waals surface area (Å²) < 4.78 is 6.17. The molecule has 0 amide bonds. The van der Waals surface area contributed by atoms with Gasteiger partial charge in [0.05, 0.1) is 13.2 Å². The Hall–Kier alpha value is -3.06. The molecule has 0 spiro atoms. The van der Waals surface area contributed by atoms with Gasteiger partial charge in [-0.05, 0) is 53.9 Å². The number of piperidine rings is 1. The highest BCUT2D eigenvalue weighted by Gasteiger charge is 2.31. The van der Waals surface area contributed by atoms with Crippen molar-refractivity contribution < 1.29 is 4.74 Å². The Bertz CT molecular complexity index is 970. The molecular weight excluding hydrogens is 334 g/mol. The highest BCUT2D eigenvalue weighted by molar-refractivity contribution is 5.87. The number of hydrogen-bond acceptors (Lipinski definition) is 3. The van der Waals surface area contributed by atoms with E-state index in [9.17, 15) is 0 Å². The second kappa shape index (κ2) is 7.28. The second-order valence-electron chi connectivity index (χ2n) is 7.60. The number of pyridine rings is 1. The zero-order valence-corrected chi connectivity index (χ0v) is 15.6. The Morgan fingerprint density at radius 1 is 1.04 bits per heavy atom. The summed E-state index contributed by atoms with van der Waals surface area (Å²) in [7, 11) is 0. The van der Waals surface area contributed by atoms with E-state index in [1.807, 2.05) is 42.7 Å². The molecule has 0 radical (unpaired) electrons. The Morgan fingerprint density at radius 2 is 1.78 bits per heavy atom. The summed E-state index contributed by atoms with van der Waals surface area (Å²) in [5, 5.41) is 2.19. The van der Waals surface area contributed by atoms with Gasteiger partial charge in [0.25, 0.3) is 0 Å². The number of nitrogens with zero attached hydrogens (tertiary/aromatic N) is 3. The van der Waals surface area contributed by atoms with E-state index in [1.165, 1.54) is 5.69 Å². The van der Waals surface area contributed by atoms with Gasteiger partial charge in [-0.25, -0.2) is 4.85 Å². The lowest BCUT2D eigenvalue weighted by atomic mass is 9.81. The number of anilines is 1. The van der Waals surface area contributed by atoms with Crippen LogP contribution in [0.1, 0.15) is 19.8 Å². The van der Waals surface area contributed by atoms with Crippen LogP contribution in [-0.4, -0.2) is 24.7 Å². The summed E-state index contributed by atoms with van der Waals surface area (Å²) in [4.78, 5) is 10.0. The third kappa shape index (κ3) is 3.88. The quantitative estimate of drug-likeness (QED) is 0.580. The fourth-order valence-electron chi connectivity index (χ4n) is 3.63. The predicted molar refractivity (Wildman–Crippen MR) is 109 cm³/mol. The van der Waals surface area contributed by atoms with Crippen molar-refractivity contribution in [1.29, 1.82) is 0 Å². The standard InChI is InChI=1S/C23H23N3O/c1-23(9-13-26(14-10-23)21-7-11-25-12-8-21)17-27-22-6-4-18-3-5-20(24-2)15-19(18)16-22/h3-8,11-12,15-16H,9-10,13-14,17H2,1H3. The molecule has 1 fully saturated rings. The number of benzene rings is 2. The van der Waals surface area contributed by atoms with Gasteiger partial charge in [-0.15, -0.1) is 0 Å². The number of aromatic nitrogens is 1. The van der Waals surface area contributed by atoms with Gasteiger partial charge >= 0.3 is 0 Å². The van der Waals surface area contributed by atoms with Crippen molar-refractivity contribution in [3.8, 4) is 5.75 Å². The topological polar surface area (TPSA) is 29.7 Å². The van der Waals surface area contributed by atoms with Gasteiger partial charge in [0.1, 0.15) is 5.75 Å². The smallest absolute Gasteiger partial charge is 0.187 e. The lowest BCUT2D eigenvalue weighted by molar-refractivity contribution is 0.131. The van der Waals surface area contributed by atoms with Gasteiger partial charge in [0.2, 0.25) is 0 Å². The molecule has 136 valence electrons. The maximum absolute atomic E-state index is 7.18. The molecule has 2 aromatic carbocycles. The van der Waals surface area contributed by atoms with E-state index in [2.05, 4.69) is 39.9 Å². The van der Waals surface area contributed by atoms with Crippen molar-refractivity contribution in [1.82, 2.24) is 4.98 Å². The minimum Gasteiger partial charge on any atom is -0.493 e. The first-order valence-electron chi connectivity index (χ1n) is 9.34. The molecule has 1 aliphatic heterocycles. The van der Waals surface area contributed by atoms with E-state index in [-0.39, 0.29) is 5.41 Å². The molecule has 1 saturated heterocycles. The first kappa shape index (κ1) is 17.4. The Labute approximate surface area is 160 Å². The third-order valence-corrected chi connectivity index (χ3v) is 5.51. The van der Waals surface area contributed by atoms with Crippen LogP contribution >= 0.6 is 0 Å². The molecule has 0 atom stereocenters. The van der Waals surface area contributed by atoms with E-state index in [0.29, 0.717) is 12.3 Å². The average molecular weight is 357 g/mol. The lowest BCUT2D eigenvalue weighted by Gasteiger charge is -2.40. The zero-order valence-electron chi connectivity index (χ0n) is 15.6. The van der Waals surface area contributed by atoms with Gasteiger partial charge in [0.15, 0.2) is 5.69 Å². The minimum absolute atomic E-state index is 0.177. The fraction of sp³-hybridized carbons (Fsp3) is 0.304. The number of fused-ring (bicyclic) bond motifs is 1. The first-order chi connectivity index (χ1) is 13.1. The summed E-state index contributed by atoms with van der Waals surface area (Å²) in [6.07, 6.45) is 5.91. The van der Waals surface area contributed by atoms with E-state index in [4.69, 9.17) is 11.3 Å². The van der Waals surface area contributed by atoms with Crippen LogP contribution in [-0.2, 0) is 0 Å². The van der Waals surface area contributed by atoms with Crippen LogP contribution in [0.2, 0.25) is 0 Å². The van der Waals surface area contributed by atoms with E-state index >= 15 is 0 Å². The molecule has 0 unspecified atom stereocenters. The molecule has 3 aromatic rings. The van der Waals surface area contributed by atoms with Crippen LogP contribution in [0.4, 0.5) is 11.4 Å². The molecule has 4 rings (SSSR count). The van der Waals surface area contributed by atoms with Gasteiger partial charge in [-0.1, -0.05) is 25.1 Å². The molecule has 1 aliphatic rings. The molecule has 27 heavy (non-hydrogen) atoms. The van der Waals surface area contributed by atoms with Crippen molar-refractivity contribution in [3.63, 3.8) is 0 Å². The van der Waals surface area contributed by atoms with Crippen molar-refractivity contribution in [2.45, 2.75) is 19.8 Å². The van der Waals surface area contributed by atoms with Crippen molar-refractivity contribution >= 4 is 22.1 Å². The van der Waals surface area contributed by atoms with Crippen molar-refractivity contribution in [2.75, 3.05) is 24.6 Å². The molecule has 0 aliphatic carbocycles. The van der Waals surface area contributed by atoms with Crippen molar-refractivity contribution in [3.05, 3.63) is 72.3 Å². The molecule has 1 aromatic heterocycles. The summed E-state index contributed by atoms with van der Waals surface area (Å²) in [6.45, 7) is 12.3. The molecule has 4 heteroatoms. The van der Waals surface area contributed by atoms with Crippen LogP contribution in [0.3, 0.4) is 0 Å². The number of hydrogen-bond donors (Lipinski definition) is 0. The SMILES string of the molecule is [C-]#[N+]c1ccc2ccc(OCC3(C)CCN(c4ccncc4)CC3)cc2c1. The van der Waals surface area contributed by atoms with E-state index in [0.717, 1.165) is 42.5 Å². The van der Waals surface area contributed by atoms with Crippen LogP contribution < -0.4 is 9.64 Å². The third-order valence-electron chi connectivity index (χ3n) is 5.51. The highest BCUT2D eigenvalue weighted by Crippen LogP contribution is 2.34. The largest absolute Gasteiger partial charge is 0.493 e. The van der Waals surface area contributed by atoms with Gasteiger partial charge in [-0.2, -0.15) is 0 Å². The number of rotatable bonds is 4. The molecule has 0 saturated carbocycles. The minimum atomic E-state index is 0.177. The Morgan fingerprint density at radius 3 is 2.52 bits per heavy atom. The first-order valence-corrected chi connectivity index (χ1v) is 9.34. The summed E-state index contributed by atoms with van der Waals surface area (Å²) in [6, 6.07) is 16.0. The zero-order chi connectivity index (χ0) is 18.7. The monoisotopic (exact) mass is 357 g/mol. The maximum Gasteiger partial charge on any atom is 0.187 e.